The molecule has 4 rings (SSSR count). The van der Waals surface area contributed by atoms with Crippen molar-refractivity contribution < 1.29 is 83.6 Å². The second-order valence-electron chi connectivity index (χ2n) is 11.9. The van der Waals surface area contributed by atoms with E-state index in [0.717, 1.165) is 12.3 Å². The van der Waals surface area contributed by atoms with Crippen LogP contribution in [-0.2, 0) is 61.1 Å². The van der Waals surface area contributed by atoms with E-state index in [9.17, 15) is 57.0 Å². The number of nitrogens with one attached hydrogen (secondary N) is 1. The number of hydrogen-bond donors (Lipinski definition) is 5. The third-order valence-electron chi connectivity index (χ3n) is 7.16. The van der Waals surface area contributed by atoms with Gasteiger partial charge >= 0.3 is 48.9 Å². The summed E-state index contributed by atoms with van der Waals surface area (Å²) in [5.41, 5.74) is -0.436. The Morgan fingerprint density at radius 2 is 1.21 bits per heavy atom. The molecule has 7 atom stereocenters. The number of H-pyrrole nitrogens is 1. The number of esters is 2. The number of aromatic nitrogens is 2. The first kappa shape index (κ1) is 46.5. The van der Waals surface area contributed by atoms with E-state index < -0.39 is 86.3 Å². The van der Waals surface area contributed by atoms with Crippen LogP contribution < -0.4 is 11.2 Å². The molecule has 5 N–H and O–H groups in total. The largest absolute Gasteiger partial charge is 0.490 e. The molecule has 1 heterocycles. The summed E-state index contributed by atoms with van der Waals surface area (Å²) in [6.45, 7) is 2.61. The SMILES string of the molecule is Cc1cccc(C(=O)OC(O[C@H](COP(=O)(O)OP(=O)(O)OP(=O)(O)OP(=O)(O)OCc2ccccc2)[C@@H](C)OC(=O)c2cccc(C)c2)n2ccc(=O)[nH]c2=O)c1. The molecule has 0 aliphatic heterocycles. The molecule has 0 amide bonds. The van der Waals surface area contributed by atoms with Crippen molar-refractivity contribution in [2.45, 2.75) is 46.0 Å². The Morgan fingerprint density at radius 1 is 0.690 bits per heavy atom. The molecular formula is C32H36N2O20P4. The summed E-state index contributed by atoms with van der Waals surface area (Å²) in [4.78, 5) is 93.0. The number of phosphoric acid groups is 4. The number of aryl methyl sites for hydroxylation is 2. The Kier molecular flexibility index (Phi) is 15.8. The average Bonchev–Trinajstić information content (AvgIpc) is 3.11. The van der Waals surface area contributed by atoms with Gasteiger partial charge in [-0.15, -0.1) is 0 Å². The minimum atomic E-state index is -6.23. The molecule has 22 nitrogen and oxygen atoms in total. The van der Waals surface area contributed by atoms with E-state index in [1.807, 2.05) is 4.98 Å². The second-order valence-corrected chi connectivity index (χ2v) is 18.2. The van der Waals surface area contributed by atoms with Gasteiger partial charge in [-0.25, -0.2) is 37.2 Å². The van der Waals surface area contributed by atoms with Crippen molar-refractivity contribution in [3.8, 4) is 0 Å². The van der Waals surface area contributed by atoms with Crippen LogP contribution in [0.3, 0.4) is 0 Å². The zero-order valence-electron chi connectivity index (χ0n) is 30.4. The smallest absolute Gasteiger partial charge is 0.456 e. The highest BCUT2D eigenvalue weighted by Crippen LogP contribution is 2.71. The van der Waals surface area contributed by atoms with Gasteiger partial charge in [0.2, 0.25) is 0 Å². The van der Waals surface area contributed by atoms with Gasteiger partial charge in [-0.05, 0) is 50.6 Å². The zero-order chi connectivity index (χ0) is 42.9. The van der Waals surface area contributed by atoms with Crippen molar-refractivity contribution in [3.05, 3.63) is 140 Å². The van der Waals surface area contributed by atoms with Gasteiger partial charge in [-0.1, -0.05) is 65.7 Å². The lowest BCUT2D eigenvalue weighted by Gasteiger charge is -2.29. The molecule has 3 aromatic carbocycles. The summed E-state index contributed by atoms with van der Waals surface area (Å²) in [7, 11) is -23.8. The highest BCUT2D eigenvalue weighted by Gasteiger charge is 2.46. The number of aromatic amines is 1. The fourth-order valence-electron chi connectivity index (χ4n) is 4.56. The maximum atomic E-state index is 13.2. The lowest BCUT2D eigenvalue weighted by atomic mass is 10.1. The number of benzene rings is 3. The standard InChI is InChI=1S/C32H36N2O20P4/c1-21-9-7-13-25(17-21)29(36)49-23(3)27(50-32(34-16-15-28(35)33-31(34)38)51-30(37)26-14-8-10-22(2)18-26)20-48-56(41,42)53-58(45,46)54-57(43,44)52-55(39,40)47-19-24-11-5-4-6-12-24/h4-18,23,27,32H,19-20H2,1-3H3,(H,39,40)(H,41,42)(H,43,44)(H,45,46)(H,33,35,38)/t23-,27-,32?/m1/s1. The normalized spacial score (nSPS) is 17.3. The van der Waals surface area contributed by atoms with E-state index in [1.54, 1.807) is 38.1 Å². The van der Waals surface area contributed by atoms with Crippen molar-refractivity contribution in [1.82, 2.24) is 9.55 Å². The number of hydrogen-bond acceptors (Lipinski definition) is 16. The number of ether oxygens (including phenoxy) is 3. The van der Waals surface area contributed by atoms with E-state index in [0.29, 0.717) is 21.3 Å². The van der Waals surface area contributed by atoms with Crippen LogP contribution in [0.2, 0.25) is 0 Å². The molecule has 314 valence electrons. The van der Waals surface area contributed by atoms with Crippen molar-refractivity contribution in [3.63, 3.8) is 0 Å². The molecule has 0 aliphatic carbocycles. The van der Waals surface area contributed by atoms with Crippen LogP contribution in [0.25, 0.3) is 0 Å². The van der Waals surface area contributed by atoms with Gasteiger partial charge in [0.1, 0.15) is 12.2 Å². The summed E-state index contributed by atoms with van der Waals surface area (Å²) in [5.74, 6) is -2.05. The fourth-order valence-corrected chi connectivity index (χ4v) is 9.49. The summed E-state index contributed by atoms with van der Waals surface area (Å²) < 4.78 is 88.6. The first-order chi connectivity index (χ1) is 27.0. The van der Waals surface area contributed by atoms with Crippen molar-refractivity contribution in [2.75, 3.05) is 6.61 Å². The predicted octanol–water partition coefficient (Wildman–Crippen LogP) is 4.78. The Morgan fingerprint density at radius 3 is 1.74 bits per heavy atom. The van der Waals surface area contributed by atoms with Gasteiger partial charge in [0.25, 0.3) is 12.0 Å². The van der Waals surface area contributed by atoms with Gasteiger partial charge in [0.05, 0.1) is 24.3 Å². The molecule has 0 fully saturated rings. The van der Waals surface area contributed by atoms with Gasteiger partial charge in [0, 0.05) is 12.3 Å². The predicted molar refractivity (Wildman–Crippen MR) is 198 cm³/mol. The first-order valence-corrected chi connectivity index (χ1v) is 22.3. The third kappa shape index (κ3) is 14.9. The van der Waals surface area contributed by atoms with Crippen LogP contribution in [-0.4, -0.2) is 59.9 Å². The van der Waals surface area contributed by atoms with E-state index >= 15 is 0 Å². The molecule has 0 bridgehead atoms. The molecule has 1 aromatic heterocycles. The number of phosphoric ester groups is 2. The van der Waals surface area contributed by atoms with Crippen molar-refractivity contribution in [1.29, 1.82) is 0 Å². The highest BCUT2D eigenvalue weighted by molar-refractivity contribution is 7.69. The Balaban J connectivity index is 1.56. The maximum absolute atomic E-state index is 13.2. The minimum absolute atomic E-state index is 0.0322. The summed E-state index contributed by atoms with van der Waals surface area (Å²) in [5, 5.41) is 0. The second kappa shape index (κ2) is 19.7. The van der Waals surface area contributed by atoms with E-state index in [2.05, 4.69) is 17.5 Å². The summed E-state index contributed by atoms with van der Waals surface area (Å²) in [6, 6.07) is 20.5. The number of carbonyl (C=O) groups excluding carboxylic acids is 2. The van der Waals surface area contributed by atoms with E-state index in [1.165, 1.54) is 61.5 Å². The molecule has 26 heteroatoms. The molecule has 0 saturated carbocycles. The fraction of sp³-hybridized carbons (Fsp3) is 0.250. The first-order valence-electron chi connectivity index (χ1n) is 16.3. The minimum Gasteiger partial charge on any atom is -0.456 e. The van der Waals surface area contributed by atoms with Gasteiger partial charge in [-0.3, -0.25) is 18.8 Å². The number of rotatable bonds is 20. The van der Waals surface area contributed by atoms with Gasteiger partial charge in [0.15, 0.2) is 0 Å². The molecule has 5 unspecified atom stereocenters. The monoisotopic (exact) mass is 892 g/mol. The van der Waals surface area contributed by atoms with Crippen LogP contribution in [0.4, 0.5) is 0 Å². The molecule has 58 heavy (non-hydrogen) atoms. The molecule has 0 aliphatic rings. The van der Waals surface area contributed by atoms with Crippen LogP contribution in [0.15, 0.2) is 101 Å². The van der Waals surface area contributed by atoms with Crippen LogP contribution >= 0.6 is 31.3 Å². The maximum Gasteiger partial charge on any atom is 0.490 e. The lowest BCUT2D eigenvalue weighted by molar-refractivity contribution is -0.213. The van der Waals surface area contributed by atoms with Crippen LogP contribution in [0.1, 0.15) is 50.7 Å². The Labute approximate surface area is 328 Å². The van der Waals surface area contributed by atoms with Crippen LogP contribution in [0, 0.1) is 13.8 Å². The quantitative estimate of drug-likeness (QED) is 0.0453. The zero-order valence-corrected chi connectivity index (χ0v) is 33.9. The summed E-state index contributed by atoms with van der Waals surface area (Å²) in [6.07, 6.45) is -4.72. The van der Waals surface area contributed by atoms with Crippen LogP contribution in [0.5, 0.6) is 0 Å². The average molecular weight is 893 g/mol. The molecule has 0 radical (unpaired) electrons. The Hall–Kier alpha value is -4.20. The lowest BCUT2D eigenvalue weighted by Crippen LogP contribution is -2.41. The third-order valence-corrected chi connectivity index (χ3v) is 13.0. The van der Waals surface area contributed by atoms with E-state index in [-0.39, 0.29) is 11.1 Å². The molecule has 0 spiro atoms. The van der Waals surface area contributed by atoms with E-state index in [4.69, 9.17) is 18.7 Å². The number of carbonyl (C=O) groups is 2. The van der Waals surface area contributed by atoms with Crippen molar-refractivity contribution in [2.24, 2.45) is 0 Å². The molecular weight excluding hydrogens is 856 g/mol. The topological polar surface area (TPSA) is 312 Å². The van der Waals surface area contributed by atoms with Gasteiger partial charge < -0.3 is 33.8 Å². The number of nitrogens with zero attached hydrogens (tertiary/aromatic N) is 1. The van der Waals surface area contributed by atoms with Gasteiger partial charge in [-0.2, -0.15) is 12.9 Å². The highest BCUT2D eigenvalue weighted by atomic mass is 31.3. The van der Waals surface area contributed by atoms with Crippen molar-refractivity contribution >= 4 is 43.2 Å². The summed E-state index contributed by atoms with van der Waals surface area (Å²) >= 11 is 0. The molecule has 0 saturated heterocycles. The Bertz CT molecular complexity index is 2410. The molecule has 4 aromatic rings.